The van der Waals surface area contributed by atoms with E-state index in [1.54, 1.807) is 54.6 Å². The molecule has 0 saturated carbocycles. The van der Waals surface area contributed by atoms with Crippen molar-refractivity contribution in [1.29, 1.82) is 0 Å². The molecule has 0 radical (unpaired) electrons. The molecule has 0 spiro atoms. The van der Waals surface area contributed by atoms with Crippen molar-refractivity contribution in [1.82, 2.24) is 9.62 Å². The zero-order chi connectivity index (χ0) is 24.1. The molecule has 8 heteroatoms. The molecule has 1 fully saturated rings. The van der Waals surface area contributed by atoms with Crippen molar-refractivity contribution < 1.29 is 17.9 Å². The van der Waals surface area contributed by atoms with Gasteiger partial charge in [-0.2, -0.15) is 0 Å². The Morgan fingerprint density at radius 2 is 1.68 bits per heavy atom. The molecule has 0 aliphatic carbocycles. The first-order valence-electron chi connectivity index (χ1n) is 11.4. The van der Waals surface area contributed by atoms with Crippen molar-refractivity contribution >= 4 is 32.4 Å². The van der Waals surface area contributed by atoms with Crippen LogP contribution in [0.1, 0.15) is 30.1 Å². The van der Waals surface area contributed by atoms with Crippen LogP contribution in [0.2, 0.25) is 0 Å². The van der Waals surface area contributed by atoms with E-state index in [4.69, 9.17) is 4.74 Å². The van der Waals surface area contributed by atoms with Crippen molar-refractivity contribution in [3.8, 4) is 0 Å². The van der Waals surface area contributed by atoms with E-state index in [9.17, 15) is 13.2 Å². The van der Waals surface area contributed by atoms with E-state index in [0.717, 1.165) is 0 Å². The Kier molecular flexibility index (Phi) is 7.19. The predicted octanol–water partition coefficient (Wildman–Crippen LogP) is 4.34. The second-order valence-electron chi connectivity index (χ2n) is 8.19. The Hall–Kier alpha value is -3.36. The van der Waals surface area contributed by atoms with Crippen molar-refractivity contribution in [2.75, 3.05) is 25.0 Å². The van der Waals surface area contributed by atoms with Crippen LogP contribution in [0.4, 0.5) is 5.69 Å². The van der Waals surface area contributed by atoms with Crippen LogP contribution in [0.3, 0.4) is 0 Å². The van der Waals surface area contributed by atoms with Gasteiger partial charge in [0.2, 0.25) is 10.0 Å². The highest BCUT2D eigenvalue weighted by Crippen LogP contribution is 2.30. The lowest BCUT2D eigenvalue weighted by molar-refractivity contribution is 0.102. The standard InChI is InChI=1S/C26H29N3O4S/c1-3-33-19(2)29-17-15-21(16-18-29)28-34(31,32)25-14-8-11-22-23(25)12-7-13-24(22)27-26(30)20-9-5-4-6-10-20/h4-14,21,28H,2-3,15-18H2,1H3,(H,27,30). The summed E-state index contributed by atoms with van der Waals surface area (Å²) in [5.74, 6) is 0.378. The molecule has 0 aromatic heterocycles. The number of fused-ring (bicyclic) bond motifs is 1. The number of piperidine rings is 1. The average Bonchev–Trinajstić information content (AvgIpc) is 2.85. The number of likely N-dealkylation sites (tertiary alicyclic amines) is 1. The van der Waals surface area contributed by atoms with Crippen LogP contribution in [-0.4, -0.2) is 45.0 Å². The summed E-state index contributed by atoms with van der Waals surface area (Å²) in [6.07, 6.45) is 1.32. The Morgan fingerprint density at radius 3 is 2.38 bits per heavy atom. The number of nitrogens with one attached hydrogen (secondary N) is 2. The molecule has 1 amide bonds. The number of carbonyl (C=O) groups is 1. The Balaban J connectivity index is 1.53. The minimum atomic E-state index is -3.77. The number of carbonyl (C=O) groups excluding carboxylic acids is 1. The quantitative estimate of drug-likeness (QED) is 0.469. The van der Waals surface area contributed by atoms with Crippen LogP contribution in [0.5, 0.6) is 0 Å². The lowest BCUT2D eigenvalue weighted by Gasteiger charge is -2.34. The third kappa shape index (κ3) is 5.24. The highest BCUT2D eigenvalue weighted by atomic mass is 32.2. The molecule has 3 aromatic carbocycles. The number of hydrogen-bond donors (Lipinski definition) is 2. The highest BCUT2D eigenvalue weighted by Gasteiger charge is 2.26. The van der Waals surface area contributed by atoms with E-state index in [-0.39, 0.29) is 16.8 Å². The average molecular weight is 480 g/mol. The zero-order valence-corrected chi connectivity index (χ0v) is 20.0. The van der Waals surface area contributed by atoms with Crippen molar-refractivity contribution in [2.45, 2.75) is 30.7 Å². The normalized spacial score (nSPS) is 14.7. The van der Waals surface area contributed by atoms with Crippen LogP contribution in [0.25, 0.3) is 10.8 Å². The summed E-state index contributed by atoms with van der Waals surface area (Å²) in [6, 6.07) is 19.1. The van der Waals surface area contributed by atoms with E-state index < -0.39 is 10.0 Å². The molecule has 2 N–H and O–H groups in total. The zero-order valence-electron chi connectivity index (χ0n) is 19.2. The van der Waals surface area contributed by atoms with Gasteiger partial charge < -0.3 is 15.0 Å². The van der Waals surface area contributed by atoms with Gasteiger partial charge in [0, 0.05) is 41.2 Å². The molecule has 178 valence electrons. The van der Waals surface area contributed by atoms with Crippen LogP contribution in [0, 0.1) is 0 Å². The molecule has 0 atom stereocenters. The van der Waals surface area contributed by atoms with Crippen molar-refractivity contribution in [3.63, 3.8) is 0 Å². The summed E-state index contributed by atoms with van der Waals surface area (Å²) in [5.41, 5.74) is 1.09. The number of ether oxygens (including phenoxy) is 1. The molecule has 1 aliphatic rings. The molecule has 3 aromatic rings. The number of rotatable bonds is 8. The van der Waals surface area contributed by atoms with Gasteiger partial charge in [0.25, 0.3) is 5.91 Å². The Labute approximate surface area is 200 Å². The van der Waals surface area contributed by atoms with E-state index in [0.29, 0.717) is 60.4 Å². The third-order valence-electron chi connectivity index (χ3n) is 5.94. The number of anilines is 1. The summed E-state index contributed by atoms with van der Waals surface area (Å²) >= 11 is 0. The van der Waals surface area contributed by atoms with Crippen molar-refractivity contribution in [3.05, 3.63) is 84.8 Å². The van der Waals surface area contributed by atoms with Gasteiger partial charge in [0.05, 0.1) is 11.5 Å². The van der Waals surface area contributed by atoms with Gasteiger partial charge in [-0.1, -0.05) is 42.5 Å². The van der Waals surface area contributed by atoms with E-state index in [2.05, 4.69) is 16.6 Å². The minimum Gasteiger partial charge on any atom is -0.480 e. The second-order valence-corrected chi connectivity index (χ2v) is 9.87. The smallest absolute Gasteiger partial charge is 0.255 e. The maximum Gasteiger partial charge on any atom is 0.255 e. The second kappa shape index (κ2) is 10.3. The number of amides is 1. The highest BCUT2D eigenvalue weighted by molar-refractivity contribution is 7.89. The van der Waals surface area contributed by atoms with E-state index in [1.165, 1.54) is 0 Å². The molecule has 1 heterocycles. The summed E-state index contributed by atoms with van der Waals surface area (Å²) in [5, 5.41) is 4.13. The number of nitrogens with zero attached hydrogens (tertiary/aromatic N) is 1. The topological polar surface area (TPSA) is 87.7 Å². The molecule has 0 bridgehead atoms. The first-order valence-corrected chi connectivity index (χ1v) is 12.8. The van der Waals surface area contributed by atoms with Gasteiger partial charge in [-0.3, -0.25) is 4.79 Å². The maximum absolute atomic E-state index is 13.3. The van der Waals surface area contributed by atoms with Gasteiger partial charge in [-0.15, -0.1) is 0 Å². The van der Waals surface area contributed by atoms with Crippen molar-refractivity contribution in [2.24, 2.45) is 0 Å². The number of hydrogen-bond acceptors (Lipinski definition) is 5. The number of benzene rings is 3. The molecule has 34 heavy (non-hydrogen) atoms. The van der Waals surface area contributed by atoms with Gasteiger partial charge in [0.15, 0.2) is 5.88 Å². The fraction of sp³-hybridized carbons (Fsp3) is 0.269. The first kappa shape index (κ1) is 23.8. The van der Waals surface area contributed by atoms with Crippen LogP contribution in [-0.2, 0) is 14.8 Å². The SMILES string of the molecule is C=C(OCC)N1CCC(NS(=O)(=O)c2cccc3c(NC(=O)c4ccccc4)cccc23)CC1. The molecule has 7 nitrogen and oxygen atoms in total. The van der Waals surface area contributed by atoms with Crippen LogP contribution < -0.4 is 10.0 Å². The lowest BCUT2D eigenvalue weighted by atomic mass is 10.1. The molecular formula is C26H29N3O4S. The largest absolute Gasteiger partial charge is 0.480 e. The van der Waals surface area contributed by atoms with Crippen LogP contribution in [0.15, 0.2) is 84.1 Å². The fourth-order valence-electron chi connectivity index (χ4n) is 4.20. The predicted molar refractivity (Wildman–Crippen MR) is 134 cm³/mol. The molecular weight excluding hydrogens is 450 g/mol. The Bertz CT molecular complexity index is 1280. The number of sulfonamides is 1. The van der Waals surface area contributed by atoms with Gasteiger partial charge in [0.1, 0.15) is 0 Å². The fourth-order valence-corrected chi connectivity index (χ4v) is 5.72. The van der Waals surface area contributed by atoms with Gasteiger partial charge in [-0.25, -0.2) is 13.1 Å². The summed E-state index contributed by atoms with van der Waals surface area (Å²) < 4.78 is 35.0. The van der Waals surface area contributed by atoms with Crippen LogP contribution >= 0.6 is 0 Å². The first-order chi connectivity index (χ1) is 16.4. The lowest BCUT2D eigenvalue weighted by Crippen LogP contribution is -2.44. The minimum absolute atomic E-state index is 0.174. The monoisotopic (exact) mass is 479 g/mol. The van der Waals surface area contributed by atoms with Gasteiger partial charge in [-0.05, 0) is 50.6 Å². The summed E-state index contributed by atoms with van der Waals surface area (Å²) in [6.45, 7) is 7.76. The van der Waals surface area contributed by atoms with E-state index in [1.807, 2.05) is 24.0 Å². The summed E-state index contributed by atoms with van der Waals surface area (Å²) in [4.78, 5) is 14.9. The van der Waals surface area contributed by atoms with E-state index >= 15 is 0 Å². The molecule has 1 saturated heterocycles. The third-order valence-corrected chi connectivity index (χ3v) is 7.51. The Morgan fingerprint density at radius 1 is 1.00 bits per heavy atom. The molecule has 1 aliphatic heterocycles. The molecule has 0 unspecified atom stereocenters. The maximum atomic E-state index is 13.3. The summed E-state index contributed by atoms with van der Waals surface area (Å²) in [7, 11) is -3.77. The molecule has 4 rings (SSSR count). The van der Waals surface area contributed by atoms with Gasteiger partial charge >= 0.3 is 0 Å².